The van der Waals surface area contributed by atoms with Crippen molar-refractivity contribution >= 4 is 5.97 Å². The van der Waals surface area contributed by atoms with Crippen molar-refractivity contribution in [2.75, 3.05) is 0 Å². The molecule has 0 radical (unpaired) electrons. The number of carbonyl (C=O) groups is 1. The van der Waals surface area contributed by atoms with Crippen LogP contribution in [0.25, 0.3) is 0 Å². The number of carbonyl (C=O) groups excluding carboxylic acids is 1. The standard InChI is InChI=1S/C6H3F3N2O2/c7-6(8,9)5-10-1-3(2-11-5)4(12)13/h1-2H,(H,12,13)/p-1. The molecule has 1 aromatic heterocycles. The van der Waals surface area contributed by atoms with Gasteiger partial charge in [0.2, 0.25) is 5.82 Å². The fourth-order valence-corrected chi connectivity index (χ4v) is 0.580. The smallest absolute Gasteiger partial charge is 0.451 e. The molecule has 1 aromatic rings. The van der Waals surface area contributed by atoms with Crippen LogP contribution in [0.4, 0.5) is 13.2 Å². The fourth-order valence-electron chi connectivity index (χ4n) is 0.580. The van der Waals surface area contributed by atoms with Gasteiger partial charge in [0.1, 0.15) is 0 Å². The molecular formula is C6H2F3N2O2-. The van der Waals surface area contributed by atoms with Gasteiger partial charge in [0.25, 0.3) is 0 Å². The minimum Gasteiger partial charge on any atom is -0.545 e. The molecule has 1 heterocycles. The average Bonchev–Trinajstić information content (AvgIpc) is 2.03. The molecule has 0 bridgehead atoms. The van der Waals surface area contributed by atoms with Crippen molar-refractivity contribution in [3.8, 4) is 0 Å². The summed E-state index contributed by atoms with van der Waals surface area (Å²) in [6, 6.07) is 0. The van der Waals surface area contributed by atoms with Crippen LogP contribution in [0.5, 0.6) is 0 Å². The first-order valence-corrected chi connectivity index (χ1v) is 3.02. The van der Waals surface area contributed by atoms with Gasteiger partial charge in [-0.3, -0.25) is 0 Å². The van der Waals surface area contributed by atoms with Crippen LogP contribution in [0.1, 0.15) is 16.2 Å². The molecule has 0 atom stereocenters. The minimum absolute atomic E-state index is 0.493. The normalized spacial score (nSPS) is 11.3. The third-order valence-electron chi connectivity index (χ3n) is 1.14. The summed E-state index contributed by atoms with van der Waals surface area (Å²) in [7, 11) is 0. The molecule has 4 nitrogen and oxygen atoms in total. The van der Waals surface area contributed by atoms with Gasteiger partial charge < -0.3 is 9.90 Å². The summed E-state index contributed by atoms with van der Waals surface area (Å²) in [6.45, 7) is 0. The van der Waals surface area contributed by atoms with Crippen molar-refractivity contribution in [3.05, 3.63) is 23.8 Å². The lowest BCUT2D eigenvalue weighted by Gasteiger charge is -2.05. The van der Waals surface area contributed by atoms with Crippen molar-refractivity contribution in [1.29, 1.82) is 0 Å². The number of nitrogens with zero attached hydrogens (tertiary/aromatic N) is 2. The number of carboxylic acids is 1. The lowest BCUT2D eigenvalue weighted by Crippen LogP contribution is -2.23. The van der Waals surface area contributed by atoms with Gasteiger partial charge in [0.15, 0.2) is 0 Å². The monoisotopic (exact) mass is 191 g/mol. The highest BCUT2D eigenvalue weighted by Gasteiger charge is 2.34. The first kappa shape index (κ1) is 9.43. The summed E-state index contributed by atoms with van der Waals surface area (Å²) in [5.74, 6) is -2.99. The van der Waals surface area contributed by atoms with Crippen LogP contribution >= 0.6 is 0 Å². The molecule has 0 saturated carbocycles. The van der Waals surface area contributed by atoms with Crippen molar-refractivity contribution < 1.29 is 23.1 Å². The Balaban J connectivity index is 3.01. The second-order valence-corrected chi connectivity index (χ2v) is 2.08. The van der Waals surface area contributed by atoms with Crippen LogP contribution in [0.2, 0.25) is 0 Å². The highest BCUT2D eigenvalue weighted by Crippen LogP contribution is 2.25. The Labute approximate surface area is 70.1 Å². The molecular weight excluding hydrogens is 189 g/mol. The molecule has 0 amide bonds. The predicted octanol–water partition coefficient (Wildman–Crippen LogP) is -0.141. The second-order valence-electron chi connectivity index (χ2n) is 2.08. The Kier molecular flexibility index (Phi) is 2.18. The van der Waals surface area contributed by atoms with Crippen molar-refractivity contribution in [2.45, 2.75) is 6.18 Å². The quantitative estimate of drug-likeness (QED) is 0.619. The lowest BCUT2D eigenvalue weighted by atomic mass is 10.3. The molecule has 0 aliphatic heterocycles. The molecule has 0 aliphatic rings. The Morgan fingerprint density at radius 1 is 1.31 bits per heavy atom. The Bertz CT molecular complexity index is 320. The van der Waals surface area contributed by atoms with E-state index in [1.807, 2.05) is 0 Å². The van der Waals surface area contributed by atoms with Gasteiger partial charge in [0, 0.05) is 18.0 Å². The van der Waals surface area contributed by atoms with E-state index in [2.05, 4.69) is 9.97 Å². The number of aromatic carboxylic acids is 1. The topological polar surface area (TPSA) is 65.9 Å². The molecule has 0 spiro atoms. The number of hydrogen-bond acceptors (Lipinski definition) is 4. The van der Waals surface area contributed by atoms with E-state index in [4.69, 9.17) is 0 Å². The number of alkyl halides is 3. The number of halogens is 3. The van der Waals surface area contributed by atoms with Gasteiger partial charge >= 0.3 is 6.18 Å². The van der Waals surface area contributed by atoms with Gasteiger partial charge in [-0.1, -0.05) is 0 Å². The summed E-state index contributed by atoms with van der Waals surface area (Å²) < 4.78 is 35.5. The molecule has 7 heteroatoms. The maximum absolute atomic E-state index is 11.8. The maximum atomic E-state index is 11.8. The van der Waals surface area contributed by atoms with E-state index in [-0.39, 0.29) is 0 Å². The molecule has 70 valence electrons. The average molecular weight is 191 g/mol. The first-order chi connectivity index (χ1) is 5.91. The molecule has 13 heavy (non-hydrogen) atoms. The third-order valence-corrected chi connectivity index (χ3v) is 1.14. The van der Waals surface area contributed by atoms with Gasteiger partial charge in [-0.15, -0.1) is 0 Å². The maximum Gasteiger partial charge on any atom is 0.451 e. The highest BCUT2D eigenvalue weighted by atomic mass is 19.4. The molecule has 0 unspecified atom stereocenters. The van der Waals surface area contributed by atoms with E-state index in [1.54, 1.807) is 0 Å². The first-order valence-electron chi connectivity index (χ1n) is 3.02. The van der Waals surface area contributed by atoms with Crippen LogP contribution in [0.15, 0.2) is 12.4 Å². The number of carboxylic acid groups (broad SMARTS) is 1. The van der Waals surface area contributed by atoms with Crippen molar-refractivity contribution in [2.24, 2.45) is 0 Å². The largest absolute Gasteiger partial charge is 0.545 e. The summed E-state index contributed by atoms with van der Waals surface area (Å²) in [6.07, 6.45) is -3.57. The zero-order valence-electron chi connectivity index (χ0n) is 6.00. The van der Waals surface area contributed by atoms with Crippen molar-refractivity contribution in [1.82, 2.24) is 9.97 Å². The van der Waals surface area contributed by atoms with E-state index < -0.39 is 23.5 Å². The number of aromatic nitrogens is 2. The molecule has 0 saturated heterocycles. The molecule has 0 N–H and O–H groups in total. The van der Waals surface area contributed by atoms with Crippen molar-refractivity contribution in [3.63, 3.8) is 0 Å². The SMILES string of the molecule is O=C([O-])c1cnc(C(F)(F)F)nc1. The zero-order chi connectivity index (χ0) is 10.1. The van der Waals surface area contributed by atoms with Gasteiger partial charge in [-0.05, 0) is 0 Å². The Morgan fingerprint density at radius 3 is 2.08 bits per heavy atom. The number of rotatable bonds is 1. The van der Waals surface area contributed by atoms with E-state index in [9.17, 15) is 23.1 Å². The van der Waals surface area contributed by atoms with Gasteiger partial charge in [0.05, 0.1) is 5.97 Å². The summed E-state index contributed by atoms with van der Waals surface area (Å²) in [5, 5.41) is 10.1. The van der Waals surface area contributed by atoms with Gasteiger partial charge in [-0.25, -0.2) is 9.97 Å². The third kappa shape index (κ3) is 2.14. The van der Waals surface area contributed by atoms with E-state index >= 15 is 0 Å². The molecule has 1 rings (SSSR count). The Morgan fingerprint density at radius 2 is 1.77 bits per heavy atom. The minimum atomic E-state index is -4.66. The summed E-state index contributed by atoms with van der Waals surface area (Å²) >= 11 is 0. The van der Waals surface area contributed by atoms with Crippen LogP contribution in [-0.4, -0.2) is 15.9 Å². The lowest BCUT2D eigenvalue weighted by molar-refractivity contribution is -0.255. The fraction of sp³-hybridized carbons (Fsp3) is 0.167. The van der Waals surface area contributed by atoms with E-state index in [1.165, 1.54) is 0 Å². The van der Waals surface area contributed by atoms with Crippen LogP contribution in [0, 0.1) is 0 Å². The predicted molar refractivity (Wildman–Crippen MR) is 31.4 cm³/mol. The Hall–Kier alpha value is -1.66. The molecule has 0 aliphatic carbocycles. The molecule has 0 aromatic carbocycles. The summed E-state index contributed by atoms with van der Waals surface area (Å²) in [4.78, 5) is 15.7. The van der Waals surface area contributed by atoms with Crippen LogP contribution < -0.4 is 5.11 Å². The van der Waals surface area contributed by atoms with Gasteiger partial charge in [-0.2, -0.15) is 13.2 Å². The highest BCUT2D eigenvalue weighted by molar-refractivity contribution is 5.84. The van der Waals surface area contributed by atoms with Crippen LogP contribution in [0.3, 0.4) is 0 Å². The second kappa shape index (κ2) is 3.00. The van der Waals surface area contributed by atoms with Crippen LogP contribution in [-0.2, 0) is 6.18 Å². The zero-order valence-corrected chi connectivity index (χ0v) is 6.00. The van der Waals surface area contributed by atoms with E-state index in [0.717, 1.165) is 0 Å². The molecule has 0 fully saturated rings. The number of hydrogen-bond donors (Lipinski definition) is 0. The van der Waals surface area contributed by atoms with E-state index in [0.29, 0.717) is 12.4 Å². The summed E-state index contributed by atoms with van der Waals surface area (Å²) in [5.41, 5.74) is -0.493.